The number of nitrogens with zero attached hydrogens (tertiary/aromatic N) is 2. The summed E-state index contributed by atoms with van der Waals surface area (Å²) in [5, 5.41) is 10.7. The van der Waals surface area contributed by atoms with E-state index in [9.17, 15) is 23.3 Å². The van der Waals surface area contributed by atoms with Crippen molar-refractivity contribution >= 4 is 22.3 Å². The molecular weight excluding hydrogens is 263 g/mol. The summed E-state index contributed by atoms with van der Waals surface area (Å²) in [6, 6.07) is 3.17. The lowest BCUT2D eigenvalue weighted by atomic mass is 10.1. The SMILES string of the molecule is Cc1ccc2c(N)c([N+](=O)[O-])cc(C(F)(F)F)c2n1. The number of aromatic nitrogens is 1. The summed E-state index contributed by atoms with van der Waals surface area (Å²) in [7, 11) is 0. The minimum Gasteiger partial charge on any atom is -0.393 e. The molecule has 0 aliphatic rings. The molecule has 0 bridgehead atoms. The minimum atomic E-state index is -4.74. The molecule has 1 heterocycles. The van der Waals surface area contributed by atoms with Crippen LogP contribution in [0.3, 0.4) is 0 Å². The fourth-order valence-electron chi connectivity index (χ4n) is 1.77. The van der Waals surface area contributed by atoms with E-state index in [4.69, 9.17) is 5.73 Å². The van der Waals surface area contributed by atoms with E-state index in [1.54, 1.807) is 0 Å². The Balaban J connectivity index is 2.96. The van der Waals surface area contributed by atoms with E-state index >= 15 is 0 Å². The lowest BCUT2D eigenvalue weighted by Gasteiger charge is -2.12. The lowest BCUT2D eigenvalue weighted by molar-refractivity contribution is -0.384. The predicted molar refractivity (Wildman–Crippen MR) is 62.5 cm³/mol. The number of halogens is 3. The Morgan fingerprint density at radius 2 is 2.00 bits per heavy atom. The molecule has 19 heavy (non-hydrogen) atoms. The van der Waals surface area contributed by atoms with Gasteiger partial charge in [-0.3, -0.25) is 15.1 Å². The number of anilines is 1. The number of nitro benzene ring substituents is 1. The predicted octanol–water partition coefficient (Wildman–Crippen LogP) is 3.05. The number of fused-ring (bicyclic) bond motifs is 1. The number of hydrogen-bond donors (Lipinski definition) is 1. The summed E-state index contributed by atoms with van der Waals surface area (Å²) >= 11 is 0. The molecule has 0 radical (unpaired) electrons. The highest BCUT2D eigenvalue weighted by Gasteiger charge is 2.36. The first-order valence-electron chi connectivity index (χ1n) is 5.13. The summed E-state index contributed by atoms with van der Waals surface area (Å²) in [5.41, 5.74) is 3.27. The first-order chi connectivity index (χ1) is 8.71. The van der Waals surface area contributed by atoms with E-state index in [-0.39, 0.29) is 16.6 Å². The van der Waals surface area contributed by atoms with Crippen LogP contribution in [0.1, 0.15) is 11.3 Å². The summed E-state index contributed by atoms with van der Waals surface area (Å²) < 4.78 is 38.8. The van der Waals surface area contributed by atoms with E-state index in [1.807, 2.05) is 0 Å². The zero-order chi connectivity index (χ0) is 14.4. The number of benzene rings is 1. The summed E-state index contributed by atoms with van der Waals surface area (Å²) in [6.45, 7) is 1.52. The van der Waals surface area contributed by atoms with E-state index in [0.717, 1.165) is 0 Å². The average molecular weight is 271 g/mol. The Morgan fingerprint density at radius 1 is 1.37 bits per heavy atom. The minimum absolute atomic E-state index is 0.0767. The second-order valence-corrected chi connectivity index (χ2v) is 3.96. The second-order valence-electron chi connectivity index (χ2n) is 3.96. The van der Waals surface area contributed by atoms with Gasteiger partial charge in [0.1, 0.15) is 5.69 Å². The number of hydrogen-bond acceptors (Lipinski definition) is 4. The molecule has 0 atom stereocenters. The summed E-state index contributed by atoms with van der Waals surface area (Å²) in [5.74, 6) is 0. The Morgan fingerprint density at radius 3 is 2.53 bits per heavy atom. The average Bonchev–Trinajstić information content (AvgIpc) is 2.26. The molecule has 0 saturated carbocycles. The molecule has 0 aliphatic carbocycles. The van der Waals surface area contributed by atoms with Crippen molar-refractivity contribution < 1.29 is 18.1 Å². The maximum Gasteiger partial charge on any atom is 0.418 e. The lowest BCUT2D eigenvalue weighted by Crippen LogP contribution is -2.09. The topological polar surface area (TPSA) is 82.0 Å². The van der Waals surface area contributed by atoms with E-state index in [0.29, 0.717) is 11.8 Å². The Kier molecular flexibility index (Phi) is 2.80. The molecule has 0 saturated heterocycles. The fourth-order valence-corrected chi connectivity index (χ4v) is 1.77. The monoisotopic (exact) mass is 271 g/mol. The Hall–Kier alpha value is -2.38. The maximum atomic E-state index is 12.9. The van der Waals surface area contributed by atoms with E-state index in [1.165, 1.54) is 19.1 Å². The van der Waals surface area contributed by atoms with Crippen molar-refractivity contribution in [1.82, 2.24) is 4.98 Å². The zero-order valence-electron chi connectivity index (χ0n) is 9.65. The first-order valence-corrected chi connectivity index (χ1v) is 5.13. The van der Waals surface area contributed by atoms with Crippen molar-refractivity contribution in [2.24, 2.45) is 0 Å². The highest BCUT2D eigenvalue weighted by atomic mass is 19.4. The molecule has 2 rings (SSSR count). The summed E-state index contributed by atoms with van der Waals surface area (Å²) in [4.78, 5) is 13.6. The Bertz CT molecular complexity index is 683. The van der Waals surface area contributed by atoms with Gasteiger partial charge in [0.05, 0.1) is 16.0 Å². The number of pyridine rings is 1. The third kappa shape index (κ3) is 2.16. The first kappa shape index (κ1) is 13.1. The second kappa shape index (κ2) is 4.08. The van der Waals surface area contributed by atoms with Crippen LogP contribution in [0.2, 0.25) is 0 Å². The number of alkyl halides is 3. The third-order valence-corrected chi connectivity index (χ3v) is 2.64. The number of rotatable bonds is 1. The molecule has 0 spiro atoms. The van der Waals surface area contributed by atoms with Gasteiger partial charge in [0.25, 0.3) is 5.69 Å². The van der Waals surface area contributed by atoms with Crippen LogP contribution in [0.5, 0.6) is 0 Å². The van der Waals surface area contributed by atoms with Gasteiger partial charge in [0.2, 0.25) is 0 Å². The zero-order valence-corrected chi connectivity index (χ0v) is 9.65. The molecular formula is C11H8F3N3O2. The van der Waals surface area contributed by atoms with E-state index in [2.05, 4.69) is 4.98 Å². The standard InChI is InChI=1S/C11H8F3N3O2/c1-5-2-3-6-9(15)8(17(18)19)4-7(10(6)16-5)11(12,13)14/h2-4H,15H2,1H3. The van der Waals surface area contributed by atoms with Gasteiger partial charge in [0, 0.05) is 17.1 Å². The van der Waals surface area contributed by atoms with Gasteiger partial charge in [-0.25, -0.2) is 0 Å². The van der Waals surface area contributed by atoms with Gasteiger partial charge in [-0.05, 0) is 19.1 Å². The maximum absolute atomic E-state index is 12.9. The van der Waals surface area contributed by atoms with Crippen LogP contribution < -0.4 is 5.73 Å². The smallest absolute Gasteiger partial charge is 0.393 e. The third-order valence-electron chi connectivity index (χ3n) is 2.64. The van der Waals surface area contributed by atoms with Crippen molar-refractivity contribution in [2.45, 2.75) is 13.1 Å². The largest absolute Gasteiger partial charge is 0.418 e. The summed E-state index contributed by atoms with van der Waals surface area (Å²) in [6.07, 6.45) is -4.74. The van der Waals surface area contributed by atoms with Gasteiger partial charge in [-0.15, -0.1) is 0 Å². The van der Waals surface area contributed by atoms with Crippen LogP contribution in [-0.2, 0) is 6.18 Å². The molecule has 1 aromatic carbocycles. The fraction of sp³-hybridized carbons (Fsp3) is 0.182. The van der Waals surface area contributed by atoms with Crippen LogP contribution in [0, 0.1) is 17.0 Å². The highest BCUT2D eigenvalue weighted by molar-refractivity contribution is 5.97. The molecule has 1 aromatic heterocycles. The molecule has 5 nitrogen and oxygen atoms in total. The highest BCUT2D eigenvalue weighted by Crippen LogP contribution is 2.40. The van der Waals surface area contributed by atoms with Crippen molar-refractivity contribution in [3.8, 4) is 0 Å². The van der Waals surface area contributed by atoms with Crippen molar-refractivity contribution in [3.63, 3.8) is 0 Å². The normalized spacial score (nSPS) is 11.8. The van der Waals surface area contributed by atoms with Gasteiger partial charge in [0.15, 0.2) is 0 Å². The van der Waals surface area contributed by atoms with Crippen LogP contribution in [-0.4, -0.2) is 9.91 Å². The van der Waals surface area contributed by atoms with E-state index < -0.39 is 22.4 Å². The molecule has 0 fully saturated rings. The Labute approximate surface area is 105 Å². The number of nitro groups is 1. The van der Waals surface area contributed by atoms with Gasteiger partial charge < -0.3 is 5.73 Å². The van der Waals surface area contributed by atoms with Crippen LogP contribution in [0.15, 0.2) is 18.2 Å². The molecule has 100 valence electrons. The molecule has 0 aliphatic heterocycles. The number of nitrogens with two attached hydrogens (primary N) is 1. The van der Waals surface area contributed by atoms with Crippen molar-refractivity contribution in [1.29, 1.82) is 0 Å². The number of aryl methyl sites for hydroxylation is 1. The molecule has 8 heteroatoms. The van der Waals surface area contributed by atoms with Crippen LogP contribution >= 0.6 is 0 Å². The van der Waals surface area contributed by atoms with Crippen molar-refractivity contribution in [2.75, 3.05) is 5.73 Å². The molecule has 2 aromatic rings. The molecule has 0 amide bonds. The number of nitrogen functional groups attached to an aromatic ring is 1. The molecule has 2 N–H and O–H groups in total. The van der Waals surface area contributed by atoms with Crippen LogP contribution in [0.4, 0.5) is 24.5 Å². The van der Waals surface area contributed by atoms with Crippen molar-refractivity contribution in [3.05, 3.63) is 39.6 Å². The van der Waals surface area contributed by atoms with Gasteiger partial charge in [-0.1, -0.05) is 0 Å². The van der Waals surface area contributed by atoms with Gasteiger partial charge >= 0.3 is 6.18 Å². The molecule has 0 unspecified atom stereocenters. The van der Waals surface area contributed by atoms with Crippen LogP contribution in [0.25, 0.3) is 10.9 Å². The van der Waals surface area contributed by atoms with Gasteiger partial charge in [-0.2, -0.15) is 13.2 Å². The quantitative estimate of drug-likeness (QED) is 0.491.